The number of rotatable bonds is 5. The third kappa shape index (κ3) is 3.13. The molecule has 3 aromatic heterocycles. The maximum absolute atomic E-state index is 13.2. The number of piperazine rings is 1. The molecule has 0 aliphatic carbocycles. The van der Waals surface area contributed by atoms with Gasteiger partial charge in [0.1, 0.15) is 5.69 Å². The maximum Gasteiger partial charge on any atom is 0.289 e. The maximum atomic E-state index is 13.2. The van der Waals surface area contributed by atoms with E-state index < -0.39 is 0 Å². The topological polar surface area (TPSA) is 71.8 Å². The molecule has 0 N–H and O–H groups in total. The average Bonchev–Trinajstić information content (AvgIpc) is 3.42. The number of allylic oxidation sites excluding steroid dienone is 1. The lowest BCUT2D eigenvalue weighted by Gasteiger charge is -2.39. The number of aryl methyl sites for hydroxylation is 1. The minimum Gasteiger partial charge on any atom is -0.459 e. The van der Waals surface area contributed by atoms with Gasteiger partial charge in [0.05, 0.1) is 12.5 Å². The highest BCUT2D eigenvalue weighted by Gasteiger charge is 2.33. The normalized spacial score (nSPS) is 17.2. The van der Waals surface area contributed by atoms with E-state index in [1.807, 2.05) is 29.7 Å². The van der Waals surface area contributed by atoms with Gasteiger partial charge < -0.3 is 23.2 Å². The van der Waals surface area contributed by atoms with E-state index in [0.29, 0.717) is 43.3 Å². The van der Waals surface area contributed by atoms with Crippen molar-refractivity contribution < 1.29 is 18.4 Å². The molecule has 2 amide bonds. The number of nitrogens with zero attached hydrogens (tertiary/aromatic N) is 3. The highest BCUT2D eigenvalue weighted by molar-refractivity contribution is 5.98. The van der Waals surface area contributed by atoms with Crippen LogP contribution in [0, 0.1) is 0 Å². The van der Waals surface area contributed by atoms with Gasteiger partial charge in [-0.2, -0.15) is 0 Å². The lowest BCUT2D eigenvalue weighted by molar-refractivity contribution is 0.0391. The highest BCUT2D eigenvalue weighted by atomic mass is 16.3. The second-order valence-corrected chi connectivity index (χ2v) is 7.02. The molecule has 4 rings (SSSR count). The van der Waals surface area contributed by atoms with Crippen molar-refractivity contribution in [1.29, 1.82) is 0 Å². The molecular formula is C21H23N3O4. The number of hydrogen-bond acceptors (Lipinski definition) is 4. The Kier molecular flexibility index (Phi) is 4.81. The Morgan fingerprint density at radius 3 is 2.79 bits per heavy atom. The Morgan fingerprint density at radius 1 is 1.21 bits per heavy atom. The number of carbonyl (C=O) groups excluding carboxylic acids is 2. The molecule has 7 nitrogen and oxygen atoms in total. The predicted octanol–water partition coefficient (Wildman–Crippen LogP) is 3.39. The minimum atomic E-state index is -0.142. The summed E-state index contributed by atoms with van der Waals surface area (Å²) in [6, 6.07) is 6.99. The van der Waals surface area contributed by atoms with E-state index in [-0.39, 0.29) is 17.9 Å². The molecule has 0 bridgehead atoms. The molecule has 146 valence electrons. The Morgan fingerprint density at radius 2 is 2.07 bits per heavy atom. The first kappa shape index (κ1) is 18.2. The van der Waals surface area contributed by atoms with Gasteiger partial charge in [-0.05, 0) is 37.6 Å². The first-order valence-corrected chi connectivity index (χ1v) is 9.41. The van der Waals surface area contributed by atoms with Crippen molar-refractivity contribution >= 4 is 22.9 Å². The summed E-state index contributed by atoms with van der Waals surface area (Å²) in [5, 5.41) is 0.909. The number of hydrogen-bond donors (Lipinski definition) is 0. The van der Waals surface area contributed by atoms with Crippen LogP contribution in [0.2, 0.25) is 0 Å². The van der Waals surface area contributed by atoms with Gasteiger partial charge in [0.25, 0.3) is 11.8 Å². The van der Waals surface area contributed by atoms with Gasteiger partial charge in [0.15, 0.2) is 5.76 Å². The first-order chi connectivity index (χ1) is 13.6. The summed E-state index contributed by atoms with van der Waals surface area (Å²) in [5.74, 6) is 0.133. The van der Waals surface area contributed by atoms with Crippen LogP contribution in [-0.2, 0) is 6.54 Å². The molecule has 1 aliphatic heterocycles. The summed E-state index contributed by atoms with van der Waals surface area (Å²) in [5.41, 5.74) is 1.30. The zero-order valence-corrected chi connectivity index (χ0v) is 15.8. The average molecular weight is 381 g/mol. The fraction of sp³-hybridized carbons (Fsp3) is 0.333. The SMILES string of the molecule is C=CCCn1c(C(=O)N2CCN(C(=O)c3ccco3)[C@H](C)C2)cc2ccoc21. The van der Waals surface area contributed by atoms with Crippen LogP contribution in [0.5, 0.6) is 0 Å². The van der Waals surface area contributed by atoms with Crippen molar-refractivity contribution in [2.75, 3.05) is 19.6 Å². The van der Waals surface area contributed by atoms with Gasteiger partial charge in [0.2, 0.25) is 5.71 Å². The number of carbonyl (C=O) groups is 2. The lowest BCUT2D eigenvalue weighted by Crippen LogP contribution is -2.55. The van der Waals surface area contributed by atoms with Crippen LogP contribution in [-0.4, -0.2) is 51.9 Å². The molecule has 28 heavy (non-hydrogen) atoms. The zero-order chi connectivity index (χ0) is 19.7. The Hall–Kier alpha value is -3.22. The molecule has 1 fully saturated rings. The largest absolute Gasteiger partial charge is 0.459 e. The van der Waals surface area contributed by atoms with Crippen molar-refractivity contribution in [2.45, 2.75) is 25.9 Å². The molecule has 1 atom stereocenters. The Bertz CT molecular complexity index is 998. The Balaban J connectivity index is 1.52. The first-order valence-electron chi connectivity index (χ1n) is 9.41. The van der Waals surface area contributed by atoms with Gasteiger partial charge in [-0.3, -0.25) is 9.59 Å². The summed E-state index contributed by atoms with van der Waals surface area (Å²) >= 11 is 0. The molecule has 0 saturated carbocycles. The van der Waals surface area contributed by atoms with Gasteiger partial charge in [-0.15, -0.1) is 6.58 Å². The molecule has 0 radical (unpaired) electrons. The molecule has 1 aliphatic rings. The lowest BCUT2D eigenvalue weighted by atomic mass is 10.1. The van der Waals surface area contributed by atoms with Crippen LogP contribution in [0.3, 0.4) is 0 Å². The highest BCUT2D eigenvalue weighted by Crippen LogP contribution is 2.24. The summed E-state index contributed by atoms with van der Waals surface area (Å²) in [6.07, 6.45) is 5.69. The molecule has 1 saturated heterocycles. The molecule has 7 heteroatoms. The van der Waals surface area contributed by atoms with Gasteiger partial charge in [0, 0.05) is 37.6 Å². The third-order valence-corrected chi connectivity index (χ3v) is 5.19. The van der Waals surface area contributed by atoms with E-state index >= 15 is 0 Å². The minimum absolute atomic E-state index is 0.0487. The Labute approximate surface area is 162 Å². The second kappa shape index (κ2) is 7.42. The van der Waals surface area contributed by atoms with Gasteiger partial charge in [-0.25, -0.2) is 0 Å². The van der Waals surface area contributed by atoms with E-state index in [9.17, 15) is 9.59 Å². The summed E-state index contributed by atoms with van der Waals surface area (Å²) in [6.45, 7) is 7.76. The van der Waals surface area contributed by atoms with Crippen molar-refractivity contribution in [3.63, 3.8) is 0 Å². The van der Waals surface area contributed by atoms with Crippen LogP contribution < -0.4 is 0 Å². The van der Waals surface area contributed by atoms with Crippen LogP contribution in [0.25, 0.3) is 11.1 Å². The van der Waals surface area contributed by atoms with Crippen LogP contribution in [0.1, 0.15) is 34.4 Å². The summed E-state index contributed by atoms with van der Waals surface area (Å²) < 4.78 is 12.7. The van der Waals surface area contributed by atoms with Crippen molar-refractivity contribution in [1.82, 2.24) is 14.4 Å². The molecule has 4 heterocycles. The smallest absolute Gasteiger partial charge is 0.289 e. The molecule has 0 aromatic carbocycles. The van der Waals surface area contributed by atoms with Crippen molar-refractivity contribution in [3.8, 4) is 0 Å². The molecule has 3 aromatic rings. The number of furan rings is 2. The fourth-order valence-electron chi connectivity index (χ4n) is 3.74. The summed E-state index contributed by atoms with van der Waals surface area (Å²) in [4.78, 5) is 29.3. The third-order valence-electron chi connectivity index (χ3n) is 5.19. The molecule has 0 unspecified atom stereocenters. The van der Waals surface area contributed by atoms with E-state index in [1.165, 1.54) is 6.26 Å². The van der Waals surface area contributed by atoms with E-state index in [0.717, 1.165) is 11.8 Å². The quantitative estimate of drug-likeness (QED) is 0.635. The monoisotopic (exact) mass is 381 g/mol. The zero-order valence-electron chi connectivity index (χ0n) is 15.8. The number of amides is 2. The van der Waals surface area contributed by atoms with Crippen molar-refractivity contribution in [2.24, 2.45) is 0 Å². The number of fused-ring (bicyclic) bond motifs is 1. The van der Waals surface area contributed by atoms with Gasteiger partial charge in [-0.1, -0.05) is 6.08 Å². The second-order valence-electron chi connectivity index (χ2n) is 7.02. The van der Waals surface area contributed by atoms with E-state index in [4.69, 9.17) is 8.83 Å². The number of aromatic nitrogens is 1. The van der Waals surface area contributed by atoms with Gasteiger partial charge >= 0.3 is 0 Å². The molecular weight excluding hydrogens is 358 g/mol. The van der Waals surface area contributed by atoms with Crippen LogP contribution in [0.15, 0.2) is 58.3 Å². The standard InChI is InChI=1S/C21H23N3O4/c1-3-4-8-24-17(13-16-7-12-28-21(16)24)19(25)22-9-10-23(15(2)14-22)20(26)18-6-5-11-27-18/h3,5-7,11-13,15H,1,4,8-10,14H2,2H3/t15-/m1/s1. The van der Waals surface area contributed by atoms with Crippen LogP contribution in [0.4, 0.5) is 0 Å². The molecule has 0 spiro atoms. The summed E-state index contributed by atoms with van der Waals surface area (Å²) in [7, 11) is 0. The van der Waals surface area contributed by atoms with E-state index in [2.05, 4.69) is 6.58 Å². The van der Waals surface area contributed by atoms with Crippen molar-refractivity contribution in [3.05, 3.63) is 60.9 Å². The predicted molar refractivity (Wildman–Crippen MR) is 104 cm³/mol. The fourth-order valence-corrected chi connectivity index (χ4v) is 3.74. The van der Waals surface area contributed by atoms with E-state index in [1.54, 1.807) is 28.2 Å². The van der Waals surface area contributed by atoms with Crippen LogP contribution >= 0.6 is 0 Å².